The summed E-state index contributed by atoms with van der Waals surface area (Å²) >= 11 is 0. The number of nitrogens with zero attached hydrogens (tertiary/aromatic N) is 1. The standard InChI is InChI=1S/C17H22N2O5/c20-15(21)11-19-9-5-4-8-13(16(19)22)18-14(17(23)24)10-12-6-2-1-3-7-12/h1-3,6-7,13-14,18H,4-5,8-11H2,(H,20,21)(H,23,24)/t13?,14-/m0/s1. The van der Waals surface area contributed by atoms with Gasteiger partial charge in [-0.1, -0.05) is 30.3 Å². The van der Waals surface area contributed by atoms with Crippen LogP contribution in [0.25, 0.3) is 0 Å². The molecule has 0 radical (unpaired) electrons. The van der Waals surface area contributed by atoms with Crippen molar-refractivity contribution < 1.29 is 24.6 Å². The predicted molar refractivity (Wildman–Crippen MR) is 86.6 cm³/mol. The third-order valence-corrected chi connectivity index (χ3v) is 4.09. The van der Waals surface area contributed by atoms with Crippen LogP contribution in [0.15, 0.2) is 30.3 Å². The van der Waals surface area contributed by atoms with Crippen molar-refractivity contribution in [3.05, 3.63) is 35.9 Å². The number of rotatable bonds is 7. The van der Waals surface area contributed by atoms with Gasteiger partial charge in [0.2, 0.25) is 5.91 Å². The molecule has 1 aliphatic rings. The number of carboxylic acid groups (broad SMARTS) is 2. The maximum atomic E-state index is 12.5. The molecule has 0 saturated carbocycles. The van der Waals surface area contributed by atoms with Crippen molar-refractivity contribution in [3.63, 3.8) is 0 Å². The highest BCUT2D eigenvalue weighted by atomic mass is 16.4. The fraction of sp³-hybridized carbons (Fsp3) is 0.471. The van der Waals surface area contributed by atoms with Crippen molar-refractivity contribution in [1.82, 2.24) is 10.2 Å². The van der Waals surface area contributed by atoms with Gasteiger partial charge in [-0.2, -0.15) is 0 Å². The first kappa shape index (κ1) is 17.9. The van der Waals surface area contributed by atoms with Crippen LogP contribution in [0.5, 0.6) is 0 Å². The Labute approximate surface area is 140 Å². The number of hydrogen-bond donors (Lipinski definition) is 3. The number of carboxylic acids is 2. The van der Waals surface area contributed by atoms with Gasteiger partial charge in [0.05, 0.1) is 6.04 Å². The van der Waals surface area contributed by atoms with Crippen LogP contribution >= 0.6 is 0 Å². The van der Waals surface area contributed by atoms with Crippen molar-refractivity contribution in [1.29, 1.82) is 0 Å². The maximum absolute atomic E-state index is 12.5. The molecule has 1 fully saturated rings. The van der Waals surface area contributed by atoms with Gasteiger partial charge in [-0.3, -0.25) is 19.7 Å². The lowest BCUT2D eigenvalue weighted by Gasteiger charge is -2.26. The van der Waals surface area contributed by atoms with E-state index in [0.717, 1.165) is 12.0 Å². The molecule has 1 aliphatic heterocycles. The van der Waals surface area contributed by atoms with E-state index in [-0.39, 0.29) is 18.9 Å². The Kier molecular flexibility index (Phi) is 6.31. The molecule has 1 amide bonds. The van der Waals surface area contributed by atoms with Gasteiger partial charge < -0.3 is 15.1 Å². The molecule has 0 aromatic heterocycles. The number of amides is 1. The van der Waals surface area contributed by atoms with Crippen LogP contribution in [0.4, 0.5) is 0 Å². The van der Waals surface area contributed by atoms with E-state index in [0.29, 0.717) is 19.4 Å². The van der Waals surface area contributed by atoms with Gasteiger partial charge in [0.15, 0.2) is 0 Å². The van der Waals surface area contributed by atoms with Crippen molar-refractivity contribution in [2.75, 3.05) is 13.1 Å². The summed E-state index contributed by atoms with van der Waals surface area (Å²) in [6, 6.07) is 7.62. The predicted octanol–water partition coefficient (Wildman–Crippen LogP) is 0.738. The molecule has 1 unspecified atom stereocenters. The van der Waals surface area contributed by atoms with Gasteiger partial charge in [0, 0.05) is 6.54 Å². The van der Waals surface area contributed by atoms with Crippen molar-refractivity contribution in [2.24, 2.45) is 0 Å². The number of benzene rings is 1. The monoisotopic (exact) mass is 334 g/mol. The zero-order chi connectivity index (χ0) is 17.5. The molecule has 1 aromatic carbocycles. The first-order valence-electron chi connectivity index (χ1n) is 8.00. The molecule has 3 N–H and O–H groups in total. The highest BCUT2D eigenvalue weighted by Gasteiger charge is 2.31. The zero-order valence-electron chi connectivity index (χ0n) is 13.4. The van der Waals surface area contributed by atoms with Crippen LogP contribution in [-0.4, -0.2) is 58.1 Å². The summed E-state index contributed by atoms with van der Waals surface area (Å²) in [6.45, 7) is 0.0349. The summed E-state index contributed by atoms with van der Waals surface area (Å²) in [7, 11) is 0. The topological polar surface area (TPSA) is 107 Å². The van der Waals surface area contributed by atoms with Crippen molar-refractivity contribution in [3.8, 4) is 0 Å². The van der Waals surface area contributed by atoms with E-state index in [2.05, 4.69) is 5.32 Å². The highest BCUT2D eigenvalue weighted by Crippen LogP contribution is 2.14. The molecule has 0 spiro atoms. The number of aliphatic carboxylic acids is 2. The lowest BCUT2D eigenvalue weighted by molar-refractivity contribution is -0.146. The first-order chi connectivity index (χ1) is 11.5. The summed E-state index contributed by atoms with van der Waals surface area (Å²) in [6.07, 6.45) is 2.23. The minimum Gasteiger partial charge on any atom is -0.480 e. The molecule has 0 aliphatic carbocycles. The summed E-state index contributed by atoms with van der Waals surface area (Å²) in [5.74, 6) is -2.43. The van der Waals surface area contributed by atoms with E-state index in [1.807, 2.05) is 30.3 Å². The van der Waals surface area contributed by atoms with Gasteiger partial charge >= 0.3 is 11.9 Å². The molecule has 7 heteroatoms. The summed E-state index contributed by atoms with van der Waals surface area (Å²) in [4.78, 5) is 36.2. The van der Waals surface area contributed by atoms with E-state index < -0.39 is 24.0 Å². The molecule has 1 saturated heterocycles. The largest absolute Gasteiger partial charge is 0.480 e. The number of nitrogens with one attached hydrogen (secondary N) is 1. The highest BCUT2D eigenvalue weighted by molar-refractivity contribution is 5.86. The Morgan fingerprint density at radius 1 is 1.21 bits per heavy atom. The molecule has 24 heavy (non-hydrogen) atoms. The van der Waals surface area contributed by atoms with Gasteiger partial charge in [0.1, 0.15) is 12.6 Å². The molecule has 1 heterocycles. The van der Waals surface area contributed by atoms with E-state index >= 15 is 0 Å². The van der Waals surface area contributed by atoms with Crippen molar-refractivity contribution in [2.45, 2.75) is 37.8 Å². The molecule has 1 aromatic rings. The van der Waals surface area contributed by atoms with E-state index in [4.69, 9.17) is 5.11 Å². The average molecular weight is 334 g/mol. The van der Waals surface area contributed by atoms with Gasteiger partial charge in [-0.25, -0.2) is 0 Å². The van der Waals surface area contributed by atoms with Crippen LogP contribution < -0.4 is 5.32 Å². The number of carbonyl (C=O) groups excluding carboxylic acids is 1. The molecule has 0 bridgehead atoms. The zero-order valence-corrected chi connectivity index (χ0v) is 13.4. The van der Waals surface area contributed by atoms with E-state index in [1.165, 1.54) is 4.90 Å². The Morgan fingerprint density at radius 3 is 2.54 bits per heavy atom. The van der Waals surface area contributed by atoms with Crippen molar-refractivity contribution >= 4 is 17.8 Å². The van der Waals surface area contributed by atoms with Gasteiger partial charge in [-0.05, 0) is 31.2 Å². The Bertz CT molecular complexity index is 590. The Morgan fingerprint density at radius 2 is 1.92 bits per heavy atom. The minimum absolute atomic E-state index is 0.263. The second kappa shape index (κ2) is 8.44. The summed E-state index contributed by atoms with van der Waals surface area (Å²) in [5, 5.41) is 21.3. The number of hydrogen-bond acceptors (Lipinski definition) is 4. The quantitative estimate of drug-likeness (QED) is 0.679. The number of likely N-dealkylation sites (tertiary alicyclic amines) is 1. The lowest BCUT2D eigenvalue weighted by Crippen LogP contribution is -2.52. The van der Waals surface area contributed by atoms with Gasteiger partial charge in [0.25, 0.3) is 0 Å². The van der Waals surface area contributed by atoms with Crippen LogP contribution in [0.3, 0.4) is 0 Å². The van der Waals surface area contributed by atoms with E-state index in [1.54, 1.807) is 0 Å². The second-order valence-electron chi connectivity index (χ2n) is 5.95. The lowest BCUT2D eigenvalue weighted by atomic mass is 10.0. The average Bonchev–Trinajstić information content (AvgIpc) is 2.70. The second-order valence-corrected chi connectivity index (χ2v) is 5.95. The normalized spacial score (nSPS) is 19.6. The maximum Gasteiger partial charge on any atom is 0.323 e. The SMILES string of the molecule is O=C(O)CN1CCCCC(N[C@@H](Cc2ccccc2)C(=O)O)C1=O. The summed E-state index contributed by atoms with van der Waals surface area (Å²) in [5.41, 5.74) is 0.862. The molecular weight excluding hydrogens is 312 g/mol. The van der Waals surface area contributed by atoms with Crippen LogP contribution in [0.2, 0.25) is 0 Å². The molecule has 2 atom stereocenters. The Hall–Kier alpha value is -2.41. The minimum atomic E-state index is -1.07. The fourth-order valence-electron chi connectivity index (χ4n) is 2.89. The summed E-state index contributed by atoms with van der Waals surface area (Å²) < 4.78 is 0. The first-order valence-corrected chi connectivity index (χ1v) is 8.00. The van der Waals surface area contributed by atoms with E-state index in [9.17, 15) is 19.5 Å². The van der Waals surface area contributed by atoms with Gasteiger partial charge in [-0.15, -0.1) is 0 Å². The molecule has 2 rings (SSSR count). The fourth-order valence-corrected chi connectivity index (χ4v) is 2.89. The van der Waals surface area contributed by atoms with Crippen LogP contribution in [0, 0.1) is 0 Å². The molecule has 7 nitrogen and oxygen atoms in total. The Balaban J connectivity index is 2.07. The third kappa shape index (κ3) is 5.06. The van der Waals surface area contributed by atoms with Crippen LogP contribution in [-0.2, 0) is 20.8 Å². The third-order valence-electron chi connectivity index (χ3n) is 4.09. The smallest absolute Gasteiger partial charge is 0.323 e. The number of carbonyl (C=O) groups is 3. The molecule has 130 valence electrons. The molecular formula is C17H22N2O5. The van der Waals surface area contributed by atoms with Crippen LogP contribution in [0.1, 0.15) is 24.8 Å².